The van der Waals surface area contributed by atoms with E-state index in [1.807, 2.05) is 30.3 Å². The van der Waals surface area contributed by atoms with Crippen molar-refractivity contribution in [1.82, 2.24) is 0 Å². The van der Waals surface area contributed by atoms with Crippen LogP contribution >= 0.6 is 11.6 Å². The second-order valence-electron chi connectivity index (χ2n) is 3.23. The summed E-state index contributed by atoms with van der Waals surface area (Å²) in [6.45, 7) is 0. The Bertz CT molecular complexity index is 563. The SMILES string of the molecule is O=C=Nc1cc(Cl)ccc1Oc1ccccc1. The lowest BCUT2D eigenvalue weighted by atomic mass is 10.3. The number of aliphatic imine (C=N–C) groups is 1. The monoisotopic (exact) mass is 245 g/mol. The average molecular weight is 246 g/mol. The fraction of sp³-hybridized carbons (Fsp3) is 0. The van der Waals surface area contributed by atoms with Gasteiger partial charge in [0.1, 0.15) is 11.4 Å². The molecule has 2 aromatic carbocycles. The van der Waals surface area contributed by atoms with Crippen LogP contribution in [0.15, 0.2) is 53.5 Å². The standard InChI is InChI=1S/C13H8ClNO2/c14-10-6-7-13(12(8-10)15-9-16)17-11-4-2-1-3-5-11/h1-8H. The van der Waals surface area contributed by atoms with Gasteiger partial charge in [0.15, 0.2) is 5.75 Å². The van der Waals surface area contributed by atoms with Gasteiger partial charge in [0, 0.05) is 5.02 Å². The molecule has 0 aliphatic carbocycles. The Morgan fingerprint density at radius 1 is 1.12 bits per heavy atom. The molecule has 0 radical (unpaired) electrons. The van der Waals surface area contributed by atoms with Gasteiger partial charge in [-0.15, -0.1) is 0 Å². The van der Waals surface area contributed by atoms with E-state index in [1.54, 1.807) is 18.2 Å². The largest absolute Gasteiger partial charge is 0.455 e. The summed E-state index contributed by atoms with van der Waals surface area (Å²) < 4.78 is 5.59. The molecule has 17 heavy (non-hydrogen) atoms. The van der Waals surface area contributed by atoms with E-state index in [0.29, 0.717) is 22.2 Å². The molecule has 2 aromatic rings. The zero-order chi connectivity index (χ0) is 12.1. The summed E-state index contributed by atoms with van der Waals surface area (Å²) in [5.41, 5.74) is 0.358. The number of nitrogens with zero attached hydrogens (tertiary/aromatic N) is 1. The van der Waals surface area contributed by atoms with Crippen molar-refractivity contribution in [2.24, 2.45) is 4.99 Å². The third-order valence-corrected chi connectivity index (χ3v) is 2.29. The molecule has 0 N–H and O–H groups in total. The Labute approximate surface area is 103 Å². The highest BCUT2D eigenvalue weighted by atomic mass is 35.5. The Kier molecular flexibility index (Phi) is 3.55. The Morgan fingerprint density at radius 2 is 1.88 bits per heavy atom. The van der Waals surface area contributed by atoms with Crippen LogP contribution in [0.5, 0.6) is 11.5 Å². The first-order chi connectivity index (χ1) is 8.29. The summed E-state index contributed by atoms with van der Waals surface area (Å²) in [4.78, 5) is 13.8. The van der Waals surface area contributed by atoms with Gasteiger partial charge in [-0.25, -0.2) is 4.79 Å². The van der Waals surface area contributed by atoms with Crippen molar-refractivity contribution in [3.8, 4) is 11.5 Å². The van der Waals surface area contributed by atoms with Crippen molar-refractivity contribution < 1.29 is 9.53 Å². The van der Waals surface area contributed by atoms with Crippen molar-refractivity contribution in [3.63, 3.8) is 0 Å². The van der Waals surface area contributed by atoms with Gasteiger partial charge >= 0.3 is 0 Å². The zero-order valence-electron chi connectivity index (χ0n) is 8.76. The van der Waals surface area contributed by atoms with E-state index >= 15 is 0 Å². The second kappa shape index (κ2) is 5.30. The van der Waals surface area contributed by atoms with Gasteiger partial charge in [-0.1, -0.05) is 29.8 Å². The molecule has 84 valence electrons. The number of halogens is 1. The summed E-state index contributed by atoms with van der Waals surface area (Å²) in [6.07, 6.45) is 1.47. The summed E-state index contributed by atoms with van der Waals surface area (Å²) in [5, 5.41) is 0.486. The molecule has 0 fully saturated rings. The molecule has 0 aromatic heterocycles. The Morgan fingerprint density at radius 3 is 2.59 bits per heavy atom. The molecule has 0 spiro atoms. The molecule has 4 heteroatoms. The quantitative estimate of drug-likeness (QED) is 0.603. The lowest BCUT2D eigenvalue weighted by Crippen LogP contribution is -1.84. The lowest BCUT2D eigenvalue weighted by Gasteiger charge is -2.07. The van der Waals surface area contributed by atoms with Crippen LogP contribution in [0.25, 0.3) is 0 Å². The molecule has 0 saturated heterocycles. The number of benzene rings is 2. The van der Waals surface area contributed by atoms with E-state index < -0.39 is 0 Å². The van der Waals surface area contributed by atoms with Gasteiger partial charge in [-0.3, -0.25) is 0 Å². The number of hydrogen-bond donors (Lipinski definition) is 0. The molecular formula is C13H8ClNO2. The van der Waals surface area contributed by atoms with Crippen LogP contribution < -0.4 is 4.74 Å². The van der Waals surface area contributed by atoms with Crippen molar-refractivity contribution in [2.75, 3.05) is 0 Å². The summed E-state index contributed by atoms with van der Waals surface area (Å²) >= 11 is 5.81. The molecule has 3 nitrogen and oxygen atoms in total. The first-order valence-electron chi connectivity index (χ1n) is 4.90. The van der Waals surface area contributed by atoms with Gasteiger partial charge < -0.3 is 4.74 Å². The van der Waals surface area contributed by atoms with Crippen LogP contribution in [0.3, 0.4) is 0 Å². The van der Waals surface area contributed by atoms with Crippen molar-refractivity contribution in [1.29, 1.82) is 0 Å². The van der Waals surface area contributed by atoms with Gasteiger partial charge in [0.25, 0.3) is 0 Å². The first kappa shape index (κ1) is 11.4. The van der Waals surface area contributed by atoms with E-state index in [1.165, 1.54) is 6.08 Å². The minimum atomic E-state index is 0.358. The molecule has 0 atom stereocenters. The fourth-order valence-corrected chi connectivity index (χ4v) is 1.50. The van der Waals surface area contributed by atoms with E-state index in [-0.39, 0.29) is 0 Å². The predicted octanol–water partition coefficient (Wildman–Crippen LogP) is 4.10. The van der Waals surface area contributed by atoms with Crippen molar-refractivity contribution >= 4 is 23.4 Å². The van der Waals surface area contributed by atoms with Gasteiger partial charge in [0.2, 0.25) is 6.08 Å². The number of isocyanates is 1. The van der Waals surface area contributed by atoms with Gasteiger partial charge in [-0.05, 0) is 30.3 Å². The molecule has 0 aliphatic heterocycles. The van der Waals surface area contributed by atoms with E-state index in [9.17, 15) is 4.79 Å². The third-order valence-electron chi connectivity index (χ3n) is 2.06. The molecule has 0 amide bonds. The molecule has 0 saturated carbocycles. The van der Waals surface area contributed by atoms with Crippen LogP contribution in [-0.2, 0) is 4.79 Å². The van der Waals surface area contributed by atoms with Gasteiger partial charge in [0.05, 0.1) is 0 Å². The van der Waals surface area contributed by atoms with E-state index in [2.05, 4.69) is 4.99 Å². The summed E-state index contributed by atoms with van der Waals surface area (Å²) in [5.74, 6) is 1.13. The highest BCUT2D eigenvalue weighted by Crippen LogP contribution is 2.33. The van der Waals surface area contributed by atoms with Crippen LogP contribution in [0.2, 0.25) is 5.02 Å². The fourth-order valence-electron chi connectivity index (χ4n) is 1.33. The van der Waals surface area contributed by atoms with E-state index in [4.69, 9.17) is 16.3 Å². The number of para-hydroxylation sites is 1. The highest BCUT2D eigenvalue weighted by molar-refractivity contribution is 6.30. The Hall–Kier alpha value is -2.09. The second-order valence-corrected chi connectivity index (χ2v) is 3.67. The summed E-state index contributed by atoms with van der Waals surface area (Å²) in [6, 6.07) is 14.1. The summed E-state index contributed by atoms with van der Waals surface area (Å²) in [7, 11) is 0. The van der Waals surface area contributed by atoms with Crippen LogP contribution in [0, 0.1) is 0 Å². The topological polar surface area (TPSA) is 38.7 Å². The minimum Gasteiger partial charge on any atom is -0.455 e. The van der Waals surface area contributed by atoms with Gasteiger partial charge in [-0.2, -0.15) is 4.99 Å². The number of ether oxygens (including phenoxy) is 1. The molecule has 0 bridgehead atoms. The molecule has 0 heterocycles. The predicted molar refractivity (Wildman–Crippen MR) is 65.7 cm³/mol. The molecule has 0 unspecified atom stereocenters. The highest BCUT2D eigenvalue weighted by Gasteiger charge is 2.05. The van der Waals surface area contributed by atoms with E-state index in [0.717, 1.165) is 0 Å². The number of carbonyl (C=O) groups excluding carboxylic acids is 1. The molecule has 0 aliphatic rings. The van der Waals surface area contributed by atoms with Crippen LogP contribution in [0.4, 0.5) is 5.69 Å². The zero-order valence-corrected chi connectivity index (χ0v) is 9.52. The lowest BCUT2D eigenvalue weighted by molar-refractivity contribution is 0.484. The minimum absolute atomic E-state index is 0.358. The Balaban J connectivity index is 2.35. The first-order valence-corrected chi connectivity index (χ1v) is 5.28. The third kappa shape index (κ3) is 2.94. The normalized spacial score (nSPS) is 9.47. The molecule has 2 rings (SSSR count). The van der Waals surface area contributed by atoms with Crippen LogP contribution in [-0.4, -0.2) is 6.08 Å². The van der Waals surface area contributed by atoms with Crippen molar-refractivity contribution in [3.05, 3.63) is 53.6 Å². The molecular weight excluding hydrogens is 238 g/mol. The maximum absolute atomic E-state index is 10.3. The van der Waals surface area contributed by atoms with Crippen molar-refractivity contribution in [2.45, 2.75) is 0 Å². The number of rotatable bonds is 3. The maximum Gasteiger partial charge on any atom is 0.240 e. The average Bonchev–Trinajstić information content (AvgIpc) is 2.34. The van der Waals surface area contributed by atoms with Crippen LogP contribution in [0.1, 0.15) is 0 Å². The maximum atomic E-state index is 10.3. The smallest absolute Gasteiger partial charge is 0.240 e. The number of hydrogen-bond acceptors (Lipinski definition) is 3.